The third-order valence-electron chi connectivity index (χ3n) is 0. The van der Waals surface area contributed by atoms with Crippen LogP contribution in [0.25, 0.3) is 0 Å². The molecular formula is C3H9NaO4S. The van der Waals surface area contributed by atoms with Crippen molar-refractivity contribution in [2.24, 2.45) is 0 Å². The number of hydrogen-bond donors (Lipinski definition) is 2. The van der Waals surface area contributed by atoms with Crippen molar-refractivity contribution in [2.45, 2.75) is 17.0 Å². The normalized spacial score (nSPS) is 10.6. The minimum absolute atomic E-state index is 0.972. The summed E-state index contributed by atoms with van der Waals surface area (Å²) in [7, 11) is -4.67. The standard InChI is InChI=1S/C3H7.Na.H2O4S/c1-3-2;;1-5(2,3)4/h3H,1-2H3;;(H2,1,2,3,4). The largest absolute Gasteiger partial charge is 0.394 e. The van der Waals surface area contributed by atoms with Crippen LogP contribution in [0.2, 0.25) is 3.17 Å². The van der Waals surface area contributed by atoms with Gasteiger partial charge in [0.2, 0.25) is 0 Å². The van der Waals surface area contributed by atoms with E-state index in [-0.39, 0.29) is 0 Å². The zero-order valence-electron chi connectivity index (χ0n) is 5.70. The maximum atomic E-state index is 8.74. The molecule has 0 rings (SSSR count). The van der Waals surface area contributed by atoms with E-state index >= 15 is 0 Å². The predicted octanol–water partition coefficient (Wildman–Crippen LogP) is 0.330. The van der Waals surface area contributed by atoms with Crippen molar-refractivity contribution in [3.8, 4) is 0 Å². The van der Waals surface area contributed by atoms with Crippen LogP contribution in [-0.4, -0.2) is 45.5 Å². The van der Waals surface area contributed by atoms with Gasteiger partial charge in [-0.15, -0.1) is 0 Å². The Morgan fingerprint density at radius 2 is 1.33 bits per heavy atom. The van der Waals surface area contributed by atoms with Gasteiger partial charge in [0.15, 0.2) is 0 Å². The Labute approximate surface area is 72.6 Å². The molecule has 0 saturated heterocycles. The molecule has 0 fully saturated rings. The molecule has 0 heterocycles. The molecule has 2 N–H and O–H groups in total. The van der Waals surface area contributed by atoms with Gasteiger partial charge in [0.1, 0.15) is 0 Å². The smallest absolute Gasteiger partial charge is 0.264 e. The maximum Gasteiger partial charge on any atom is 0.394 e. The minimum Gasteiger partial charge on any atom is -0.264 e. The van der Waals surface area contributed by atoms with Crippen LogP contribution in [0.4, 0.5) is 0 Å². The first kappa shape index (κ1) is 12.5. The van der Waals surface area contributed by atoms with Crippen molar-refractivity contribution in [1.82, 2.24) is 0 Å². The third kappa shape index (κ3) is 553. The van der Waals surface area contributed by atoms with Crippen molar-refractivity contribution < 1.29 is 17.5 Å². The fraction of sp³-hybridized carbons (Fsp3) is 1.00. The van der Waals surface area contributed by atoms with Crippen LogP contribution >= 0.6 is 0 Å². The first-order chi connectivity index (χ1) is 3.73. The molecule has 0 spiro atoms. The molecule has 0 aliphatic heterocycles. The maximum absolute atomic E-state index is 8.74. The molecule has 0 aliphatic carbocycles. The van der Waals surface area contributed by atoms with Gasteiger partial charge in [-0.2, -0.15) is 8.42 Å². The topological polar surface area (TPSA) is 74.6 Å². The van der Waals surface area contributed by atoms with Crippen LogP contribution < -0.4 is 0 Å². The second kappa shape index (κ2) is 5.64. The first-order valence-corrected chi connectivity index (χ1v) is 4.98. The second-order valence-corrected chi connectivity index (χ2v) is 5.38. The van der Waals surface area contributed by atoms with Gasteiger partial charge >= 0.3 is 55.3 Å². The van der Waals surface area contributed by atoms with E-state index in [0.29, 0.717) is 0 Å². The average molecular weight is 164 g/mol. The summed E-state index contributed by atoms with van der Waals surface area (Å²) in [5.41, 5.74) is 0. The fourth-order valence-electron chi connectivity index (χ4n) is 0. The van der Waals surface area contributed by atoms with Gasteiger partial charge < -0.3 is 0 Å². The summed E-state index contributed by atoms with van der Waals surface area (Å²) in [6.07, 6.45) is 0. The van der Waals surface area contributed by atoms with Crippen molar-refractivity contribution in [3.05, 3.63) is 0 Å². The van der Waals surface area contributed by atoms with Crippen molar-refractivity contribution in [1.29, 1.82) is 0 Å². The van der Waals surface area contributed by atoms with Gasteiger partial charge in [-0.1, -0.05) is 0 Å². The Bertz CT molecular complexity index is 127. The molecule has 0 radical (unpaired) electrons. The molecule has 0 unspecified atom stereocenters. The molecule has 4 nitrogen and oxygen atoms in total. The van der Waals surface area contributed by atoms with Gasteiger partial charge in [0.05, 0.1) is 0 Å². The van der Waals surface area contributed by atoms with Gasteiger partial charge in [0, 0.05) is 0 Å². The number of hydrogen-bond acceptors (Lipinski definition) is 2. The van der Waals surface area contributed by atoms with E-state index in [1.165, 1.54) is 27.9 Å². The average Bonchev–Trinajstić information content (AvgIpc) is 1.19. The minimum atomic E-state index is -4.67. The Morgan fingerprint density at radius 1 is 1.33 bits per heavy atom. The summed E-state index contributed by atoms with van der Waals surface area (Å²) in [6.45, 7) is 4.46. The summed E-state index contributed by atoms with van der Waals surface area (Å²) in [5, 5.41) is 0. The SMILES string of the molecule is C[CH](C)[Na].O=S(=O)(O)O. The van der Waals surface area contributed by atoms with Crippen molar-refractivity contribution in [3.63, 3.8) is 0 Å². The van der Waals surface area contributed by atoms with Crippen molar-refractivity contribution in [2.75, 3.05) is 0 Å². The van der Waals surface area contributed by atoms with Crippen LogP contribution in [0.3, 0.4) is 0 Å². The molecule has 0 amide bonds. The van der Waals surface area contributed by atoms with Gasteiger partial charge in [0.25, 0.3) is 0 Å². The molecule has 0 atom stereocenters. The molecule has 0 aliphatic rings. The second-order valence-electron chi connectivity index (χ2n) is 2.18. The zero-order chi connectivity index (χ0) is 8.08. The monoisotopic (exact) mass is 164 g/mol. The Kier molecular flexibility index (Phi) is 7.86. The molecule has 0 bridgehead atoms. The van der Waals surface area contributed by atoms with Crippen LogP contribution in [0, 0.1) is 0 Å². The quantitative estimate of drug-likeness (QED) is 0.399. The van der Waals surface area contributed by atoms with E-state index in [0.717, 1.165) is 3.17 Å². The first-order valence-electron chi connectivity index (χ1n) is 2.43. The van der Waals surface area contributed by atoms with Gasteiger partial charge in [-0.05, 0) is 0 Å². The molecule has 0 aromatic carbocycles. The van der Waals surface area contributed by atoms with Crippen molar-refractivity contribution >= 4 is 38.3 Å². The summed E-state index contributed by atoms with van der Waals surface area (Å²) in [5.74, 6) is 0. The van der Waals surface area contributed by atoms with Gasteiger partial charge in [-0.3, -0.25) is 9.11 Å². The molecular weight excluding hydrogens is 155 g/mol. The summed E-state index contributed by atoms with van der Waals surface area (Å²) in [4.78, 5) is 0. The zero-order valence-corrected chi connectivity index (χ0v) is 8.51. The Balaban J connectivity index is 0. The van der Waals surface area contributed by atoms with Crippen LogP contribution in [0.15, 0.2) is 0 Å². The summed E-state index contributed by atoms with van der Waals surface area (Å²) < 4.78 is 32.6. The molecule has 0 aromatic rings. The van der Waals surface area contributed by atoms with E-state index in [1.807, 2.05) is 0 Å². The van der Waals surface area contributed by atoms with E-state index in [2.05, 4.69) is 13.8 Å². The Hall–Kier alpha value is 0.870. The van der Waals surface area contributed by atoms with Crippen LogP contribution in [0.1, 0.15) is 13.8 Å². The van der Waals surface area contributed by atoms with Crippen LogP contribution in [0.5, 0.6) is 0 Å². The van der Waals surface area contributed by atoms with E-state index < -0.39 is 10.4 Å². The third-order valence-corrected chi connectivity index (χ3v) is 0. The van der Waals surface area contributed by atoms with E-state index in [9.17, 15) is 0 Å². The van der Waals surface area contributed by atoms with Crippen LogP contribution in [-0.2, 0) is 10.4 Å². The predicted molar refractivity (Wildman–Crippen MR) is 35.0 cm³/mol. The summed E-state index contributed by atoms with van der Waals surface area (Å²) in [6, 6.07) is 0. The number of rotatable bonds is 0. The molecule has 52 valence electrons. The molecule has 0 saturated carbocycles. The Morgan fingerprint density at radius 3 is 1.33 bits per heavy atom. The molecule has 0 aromatic heterocycles. The fourth-order valence-corrected chi connectivity index (χ4v) is 0. The van der Waals surface area contributed by atoms with Gasteiger partial charge in [-0.25, -0.2) is 0 Å². The molecule has 6 heteroatoms. The van der Waals surface area contributed by atoms with E-state index in [1.54, 1.807) is 0 Å². The summed E-state index contributed by atoms with van der Waals surface area (Å²) >= 11 is 1.35. The van der Waals surface area contributed by atoms with E-state index in [4.69, 9.17) is 17.5 Å². The molecule has 9 heavy (non-hydrogen) atoms.